The lowest BCUT2D eigenvalue weighted by atomic mass is 10.3. The number of amides is 1. The Bertz CT molecular complexity index is 802. The molecule has 0 aromatic carbocycles. The van der Waals surface area contributed by atoms with Crippen LogP contribution in [-0.4, -0.2) is 44.2 Å². The van der Waals surface area contributed by atoms with E-state index in [9.17, 15) is 4.79 Å². The Labute approximate surface area is 140 Å². The minimum Gasteiger partial charge on any atom is -0.337 e. The molecule has 0 bridgehead atoms. The van der Waals surface area contributed by atoms with E-state index in [-0.39, 0.29) is 12.5 Å². The van der Waals surface area contributed by atoms with Crippen LogP contribution in [0.15, 0.2) is 38.6 Å². The van der Waals surface area contributed by atoms with E-state index in [0.717, 1.165) is 4.34 Å². The average molecular weight is 347 g/mol. The fourth-order valence-electron chi connectivity index (χ4n) is 1.84. The predicted octanol–water partition coefficient (Wildman–Crippen LogP) is 2.58. The number of hydrogen-bond acceptors (Lipinski definition) is 8. The summed E-state index contributed by atoms with van der Waals surface area (Å²) in [5.41, 5.74) is 1.05. The van der Waals surface area contributed by atoms with Crippen molar-refractivity contribution in [2.45, 2.75) is 10.9 Å². The van der Waals surface area contributed by atoms with E-state index < -0.39 is 0 Å². The quantitative estimate of drug-likeness (QED) is 0.656. The second kappa shape index (κ2) is 6.88. The van der Waals surface area contributed by atoms with Gasteiger partial charge in [0.25, 0.3) is 5.91 Å². The smallest absolute Gasteiger partial charge is 0.273 e. The van der Waals surface area contributed by atoms with Crippen LogP contribution in [0.2, 0.25) is 0 Å². The molecule has 0 radical (unpaired) electrons. The summed E-state index contributed by atoms with van der Waals surface area (Å²) >= 11 is 2.96. The lowest BCUT2D eigenvalue weighted by Crippen LogP contribution is -2.26. The van der Waals surface area contributed by atoms with Crippen molar-refractivity contribution < 1.29 is 9.32 Å². The summed E-state index contributed by atoms with van der Waals surface area (Å²) in [5, 5.41) is 5.63. The summed E-state index contributed by atoms with van der Waals surface area (Å²) < 4.78 is 6.04. The van der Waals surface area contributed by atoms with Crippen LogP contribution in [0.25, 0.3) is 11.5 Å². The van der Waals surface area contributed by atoms with Crippen LogP contribution in [0.5, 0.6) is 0 Å². The highest BCUT2D eigenvalue weighted by molar-refractivity contribution is 8.00. The third kappa shape index (κ3) is 3.57. The molecule has 0 saturated carbocycles. The largest absolute Gasteiger partial charge is 0.337 e. The molecule has 0 saturated heterocycles. The van der Waals surface area contributed by atoms with Crippen LogP contribution in [0.1, 0.15) is 16.4 Å². The Morgan fingerprint density at radius 2 is 2.26 bits per heavy atom. The van der Waals surface area contributed by atoms with Gasteiger partial charge in [-0.25, -0.2) is 4.98 Å². The summed E-state index contributed by atoms with van der Waals surface area (Å²) in [7, 11) is 1.67. The van der Waals surface area contributed by atoms with Crippen molar-refractivity contribution in [2.75, 3.05) is 13.3 Å². The molecule has 0 spiro atoms. The van der Waals surface area contributed by atoms with Crippen LogP contribution in [0.4, 0.5) is 0 Å². The third-order valence-electron chi connectivity index (χ3n) is 2.96. The topological polar surface area (TPSA) is 85.0 Å². The zero-order valence-electron chi connectivity index (χ0n) is 12.5. The number of pyridine rings is 1. The normalized spacial score (nSPS) is 10.7. The van der Waals surface area contributed by atoms with Crippen molar-refractivity contribution >= 4 is 29.0 Å². The summed E-state index contributed by atoms with van der Waals surface area (Å²) in [6, 6.07) is 5.45. The Kier molecular flexibility index (Phi) is 4.68. The van der Waals surface area contributed by atoms with Gasteiger partial charge in [-0.2, -0.15) is 4.98 Å². The molecule has 0 fully saturated rings. The maximum absolute atomic E-state index is 12.3. The molecule has 3 heterocycles. The lowest BCUT2D eigenvalue weighted by molar-refractivity contribution is 0.0764. The third-order valence-corrected chi connectivity index (χ3v) is 4.82. The highest BCUT2D eigenvalue weighted by Gasteiger charge is 2.18. The van der Waals surface area contributed by atoms with Gasteiger partial charge in [-0.3, -0.25) is 9.78 Å². The summed E-state index contributed by atoms with van der Waals surface area (Å²) in [4.78, 5) is 26.5. The summed E-state index contributed by atoms with van der Waals surface area (Å²) in [5.74, 6) is 0.570. The molecule has 0 unspecified atom stereocenters. The Morgan fingerprint density at radius 1 is 1.39 bits per heavy atom. The maximum atomic E-state index is 12.3. The Balaban J connectivity index is 1.69. The molecule has 0 N–H and O–H groups in total. The van der Waals surface area contributed by atoms with Gasteiger partial charge in [0.2, 0.25) is 11.7 Å². The van der Waals surface area contributed by atoms with E-state index in [1.165, 1.54) is 28.0 Å². The molecule has 0 aliphatic heterocycles. The number of hydrogen-bond donors (Lipinski definition) is 0. The van der Waals surface area contributed by atoms with Gasteiger partial charge in [-0.1, -0.05) is 23.0 Å². The van der Waals surface area contributed by atoms with Gasteiger partial charge in [0.1, 0.15) is 22.3 Å². The highest BCUT2D eigenvalue weighted by atomic mass is 32.2. The molecule has 9 heteroatoms. The van der Waals surface area contributed by atoms with Crippen LogP contribution in [0, 0.1) is 0 Å². The number of nitrogens with zero attached hydrogens (tertiary/aromatic N) is 5. The molecular weight excluding hydrogens is 334 g/mol. The Hall–Kier alpha value is -2.26. The van der Waals surface area contributed by atoms with Crippen LogP contribution in [0.3, 0.4) is 0 Å². The van der Waals surface area contributed by atoms with Crippen molar-refractivity contribution in [3.8, 4) is 11.5 Å². The van der Waals surface area contributed by atoms with Crippen LogP contribution >= 0.6 is 23.1 Å². The number of thiazole rings is 1. The zero-order valence-corrected chi connectivity index (χ0v) is 14.1. The molecule has 7 nitrogen and oxygen atoms in total. The number of aromatic nitrogens is 4. The van der Waals surface area contributed by atoms with Crippen LogP contribution < -0.4 is 0 Å². The first-order valence-corrected chi connectivity index (χ1v) is 8.77. The van der Waals surface area contributed by atoms with E-state index in [2.05, 4.69) is 20.1 Å². The van der Waals surface area contributed by atoms with Gasteiger partial charge < -0.3 is 9.42 Å². The average Bonchev–Trinajstić information content (AvgIpc) is 3.24. The summed E-state index contributed by atoms with van der Waals surface area (Å²) in [6.45, 7) is 0.213. The van der Waals surface area contributed by atoms with Crippen molar-refractivity contribution in [2.24, 2.45) is 0 Å². The fraction of sp³-hybridized carbons (Fsp3) is 0.214. The maximum Gasteiger partial charge on any atom is 0.273 e. The molecule has 118 valence electrons. The first kappa shape index (κ1) is 15.6. The highest BCUT2D eigenvalue weighted by Crippen LogP contribution is 2.21. The molecular formula is C14H13N5O2S2. The van der Waals surface area contributed by atoms with E-state index in [0.29, 0.717) is 23.1 Å². The monoisotopic (exact) mass is 347 g/mol. The SMILES string of the molecule is CSc1nc(C(=O)N(C)Cc2nc(-c3ccccn3)no2)cs1. The van der Waals surface area contributed by atoms with Crippen molar-refractivity contribution in [1.82, 2.24) is 25.0 Å². The minimum atomic E-state index is -0.181. The molecule has 3 aromatic rings. The van der Waals surface area contributed by atoms with Gasteiger partial charge in [0, 0.05) is 18.6 Å². The fourth-order valence-corrected chi connectivity index (χ4v) is 3.07. The van der Waals surface area contributed by atoms with Crippen molar-refractivity contribution in [3.63, 3.8) is 0 Å². The number of carbonyl (C=O) groups is 1. The van der Waals surface area contributed by atoms with Gasteiger partial charge in [0.15, 0.2) is 0 Å². The van der Waals surface area contributed by atoms with E-state index >= 15 is 0 Å². The van der Waals surface area contributed by atoms with Crippen molar-refractivity contribution in [3.05, 3.63) is 41.4 Å². The zero-order chi connectivity index (χ0) is 16.2. The lowest BCUT2D eigenvalue weighted by Gasteiger charge is -2.12. The van der Waals surface area contributed by atoms with E-state index in [1.54, 1.807) is 24.7 Å². The molecule has 0 aliphatic rings. The van der Waals surface area contributed by atoms with Gasteiger partial charge in [0.05, 0.1) is 0 Å². The number of thioether (sulfide) groups is 1. The second-order valence-electron chi connectivity index (χ2n) is 4.59. The molecule has 0 aliphatic carbocycles. The van der Waals surface area contributed by atoms with Gasteiger partial charge in [-0.05, 0) is 18.4 Å². The molecule has 3 rings (SSSR count). The van der Waals surface area contributed by atoms with Crippen molar-refractivity contribution in [1.29, 1.82) is 0 Å². The molecule has 0 atom stereocenters. The standard InChI is InChI=1S/C14H13N5O2S2/c1-19(13(20)10-8-23-14(16-10)22-2)7-11-17-12(18-21-11)9-5-3-4-6-15-9/h3-6,8H,7H2,1-2H3. The van der Waals surface area contributed by atoms with Gasteiger partial charge in [-0.15, -0.1) is 11.3 Å². The van der Waals surface area contributed by atoms with E-state index in [4.69, 9.17) is 4.52 Å². The number of rotatable bonds is 5. The first-order valence-electron chi connectivity index (χ1n) is 6.66. The summed E-state index contributed by atoms with van der Waals surface area (Å²) in [6.07, 6.45) is 3.58. The molecule has 23 heavy (non-hydrogen) atoms. The Morgan fingerprint density at radius 3 is 2.96 bits per heavy atom. The van der Waals surface area contributed by atoms with E-state index in [1.807, 2.05) is 18.4 Å². The second-order valence-corrected chi connectivity index (χ2v) is 6.50. The molecule has 3 aromatic heterocycles. The van der Waals surface area contributed by atoms with Crippen LogP contribution in [-0.2, 0) is 6.54 Å². The predicted molar refractivity (Wildman–Crippen MR) is 87.2 cm³/mol. The van der Waals surface area contributed by atoms with Gasteiger partial charge >= 0.3 is 0 Å². The first-order chi connectivity index (χ1) is 11.2. The number of carbonyl (C=O) groups excluding carboxylic acids is 1. The molecule has 1 amide bonds. The minimum absolute atomic E-state index is 0.181.